The maximum atomic E-state index is 12.5. The predicted molar refractivity (Wildman–Crippen MR) is 114 cm³/mol. The maximum Gasteiger partial charge on any atom is 0.490 e. The van der Waals surface area contributed by atoms with Gasteiger partial charge in [0.05, 0.1) is 17.2 Å². The molecule has 0 aromatic carbocycles. The van der Waals surface area contributed by atoms with E-state index < -0.39 is 27.6 Å². The topological polar surface area (TPSA) is 138 Å². The van der Waals surface area contributed by atoms with Crippen molar-refractivity contribution in [2.45, 2.75) is 50.0 Å². The van der Waals surface area contributed by atoms with Gasteiger partial charge in [-0.3, -0.25) is 14.7 Å². The van der Waals surface area contributed by atoms with Crippen molar-refractivity contribution >= 4 is 27.4 Å². The molecule has 0 radical (unpaired) electrons. The number of amides is 1. The quantitative estimate of drug-likeness (QED) is 0.620. The zero-order valence-corrected chi connectivity index (χ0v) is 18.9. The fraction of sp³-hybridized carbons (Fsp3) is 0.600. The lowest BCUT2D eigenvalue weighted by Crippen LogP contribution is -2.49. The van der Waals surface area contributed by atoms with Gasteiger partial charge in [0.2, 0.25) is 0 Å². The summed E-state index contributed by atoms with van der Waals surface area (Å²) < 4.78 is 54.8. The molecule has 1 aromatic rings. The van der Waals surface area contributed by atoms with E-state index in [1.54, 1.807) is 6.20 Å². The molecule has 0 bridgehead atoms. The standard InChI is InChI=1S/C18H24N4O4S.C2HF3O2/c23-17(20-15-5-9-27(24,25)12-15)16-10-18(26-21-16)6-3-8-22(13-18)11-14-4-1-2-7-19-14;3-2(4,5)1(6)7/h1-2,4,7,15H,3,5-6,8-13H2,(H,20,23);(H,6,7). The molecule has 4 heterocycles. The van der Waals surface area contributed by atoms with Crippen LogP contribution in [0.15, 0.2) is 29.6 Å². The van der Waals surface area contributed by atoms with Crippen molar-refractivity contribution < 1.29 is 41.1 Å². The summed E-state index contributed by atoms with van der Waals surface area (Å²) in [5, 5.41) is 14.0. The number of alkyl halides is 3. The zero-order valence-electron chi connectivity index (χ0n) is 18.1. The number of carboxylic acids is 1. The fourth-order valence-electron chi connectivity index (χ4n) is 4.09. The van der Waals surface area contributed by atoms with Crippen molar-refractivity contribution in [1.29, 1.82) is 0 Å². The number of likely N-dealkylation sites (tertiary alicyclic amines) is 1. The van der Waals surface area contributed by atoms with E-state index >= 15 is 0 Å². The molecule has 2 atom stereocenters. The Bertz CT molecular complexity index is 1030. The summed E-state index contributed by atoms with van der Waals surface area (Å²) in [4.78, 5) is 33.8. The van der Waals surface area contributed by atoms with E-state index in [0.29, 0.717) is 25.1 Å². The van der Waals surface area contributed by atoms with Crippen LogP contribution in [0.3, 0.4) is 0 Å². The number of hydrogen-bond acceptors (Lipinski definition) is 8. The van der Waals surface area contributed by atoms with Crippen molar-refractivity contribution in [3.8, 4) is 0 Å². The average molecular weight is 507 g/mol. The van der Waals surface area contributed by atoms with Gasteiger partial charge in [-0.2, -0.15) is 13.2 Å². The van der Waals surface area contributed by atoms with Crippen molar-refractivity contribution in [2.24, 2.45) is 5.16 Å². The molecule has 0 aliphatic carbocycles. The molecule has 2 fully saturated rings. The second-order valence-electron chi connectivity index (χ2n) is 8.50. The summed E-state index contributed by atoms with van der Waals surface area (Å²) in [7, 11) is -3.03. The van der Waals surface area contributed by atoms with Crippen LogP contribution in [-0.2, 0) is 30.8 Å². The number of oxime groups is 1. The molecule has 2 saturated heterocycles. The van der Waals surface area contributed by atoms with Gasteiger partial charge in [-0.1, -0.05) is 11.2 Å². The first kappa shape index (κ1) is 25.9. The summed E-state index contributed by atoms with van der Waals surface area (Å²) in [6.07, 6.45) is -0.556. The number of piperidine rings is 1. The molecule has 34 heavy (non-hydrogen) atoms. The molecule has 3 aliphatic heterocycles. The van der Waals surface area contributed by atoms with Gasteiger partial charge in [0.15, 0.2) is 15.4 Å². The number of pyridine rings is 1. The van der Waals surface area contributed by atoms with Crippen LogP contribution in [0, 0.1) is 0 Å². The first-order valence-corrected chi connectivity index (χ1v) is 12.4. The number of hydrogen-bond donors (Lipinski definition) is 2. The lowest BCUT2D eigenvalue weighted by Gasteiger charge is -2.38. The Kier molecular flexibility index (Phi) is 7.81. The van der Waals surface area contributed by atoms with Crippen LogP contribution in [0.25, 0.3) is 0 Å². The molecule has 4 rings (SSSR count). The average Bonchev–Trinajstić information content (AvgIpc) is 3.31. The lowest BCUT2D eigenvalue weighted by molar-refractivity contribution is -0.192. The Balaban J connectivity index is 0.000000406. The molecular formula is C20H25F3N4O6S. The third-order valence-corrected chi connectivity index (χ3v) is 7.41. The van der Waals surface area contributed by atoms with Gasteiger partial charge in [0.25, 0.3) is 5.91 Å². The van der Waals surface area contributed by atoms with Gasteiger partial charge >= 0.3 is 12.1 Å². The van der Waals surface area contributed by atoms with Gasteiger partial charge in [0.1, 0.15) is 5.71 Å². The third kappa shape index (κ3) is 7.13. The van der Waals surface area contributed by atoms with Crippen molar-refractivity contribution in [1.82, 2.24) is 15.2 Å². The fourth-order valence-corrected chi connectivity index (χ4v) is 5.76. The molecule has 3 aliphatic rings. The number of sulfone groups is 1. The molecule has 14 heteroatoms. The number of aromatic nitrogens is 1. The smallest absolute Gasteiger partial charge is 0.475 e. The molecule has 188 valence electrons. The molecule has 1 amide bonds. The highest BCUT2D eigenvalue weighted by Gasteiger charge is 2.45. The number of nitrogens with zero attached hydrogens (tertiary/aromatic N) is 3. The van der Waals surface area contributed by atoms with E-state index in [-0.39, 0.29) is 23.5 Å². The van der Waals surface area contributed by atoms with Gasteiger partial charge in [0, 0.05) is 31.7 Å². The first-order chi connectivity index (χ1) is 15.9. The maximum absolute atomic E-state index is 12.5. The van der Waals surface area contributed by atoms with Crippen molar-refractivity contribution in [2.75, 3.05) is 24.6 Å². The van der Waals surface area contributed by atoms with E-state index in [4.69, 9.17) is 14.7 Å². The number of carbonyl (C=O) groups excluding carboxylic acids is 1. The summed E-state index contributed by atoms with van der Waals surface area (Å²) in [5.41, 5.74) is 0.898. The van der Waals surface area contributed by atoms with Crippen LogP contribution >= 0.6 is 0 Å². The molecule has 10 nitrogen and oxygen atoms in total. The Morgan fingerprint density at radius 2 is 2.06 bits per heavy atom. The molecule has 2 N–H and O–H groups in total. The molecular weight excluding hydrogens is 481 g/mol. The highest BCUT2D eigenvalue weighted by Crippen LogP contribution is 2.34. The minimum absolute atomic E-state index is 0.00980. The van der Waals surface area contributed by atoms with Crippen LogP contribution in [0.5, 0.6) is 0 Å². The molecule has 1 spiro atoms. The molecule has 0 saturated carbocycles. The third-order valence-electron chi connectivity index (χ3n) is 5.64. The van der Waals surface area contributed by atoms with E-state index in [9.17, 15) is 26.4 Å². The Morgan fingerprint density at radius 1 is 1.32 bits per heavy atom. The van der Waals surface area contributed by atoms with Crippen molar-refractivity contribution in [3.05, 3.63) is 30.1 Å². The predicted octanol–water partition coefficient (Wildman–Crippen LogP) is 1.13. The van der Waals surface area contributed by atoms with Crippen molar-refractivity contribution in [3.63, 3.8) is 0 Å². The summed E-state index contributed by atoms with van der Waals surface area (Å²) in [5.74, 6) is -2.92. The Labute approximate surface area is 194 Å². The number of halogens is 3. The van der Waals surface area contributed by atoms with E-state index in [2.05, 4.69) is 20.4 Å². The number of nitrogens with one attached hydrogen (secondary N) is 1. The highest BCUT2D eigenvalue weighted by atomic mass is 32.2. The minimum atomic E-state index is -5.08. The Hall–Kier alpha value is -2.74. The number of carbonyl (C=O) groups is 2. The number of carboxylic acid groups (broad SMARTS) is 1. The van der Waals surface area contributed by atoms with E-state index in [1.165, 1.54) is 0 Å². The lowest BCUT2D eigenvalue weighted by atomic mass is 9.88. The second-order valence-corrected chi connectivity index (χ2v) is 10.7. The van der Waals surface area contributed by atoms with Gasteiger partial charge in [-0.25, -0.2) is 13.2 Å². The van der Waals surface area contributed by atoms with Crippen LogP contribution in [0.1, 0.15) is 31.4 Å². The van der Waals surface area contributed by atoms with Crippen LogP contribution in [0.2, 0.25) is 0 Å². The molecule has 2 unspecified atom stereocenters. The SMILES string of the molecule is O=C(NC1CCS(=O)(=O)C1)C1=NOC2(CCCN(Cc3ccccn3)C2)C1.O=C(O)C(F)(F)F. The largest absolute Gasteiger partial charge is 0.490 e. The monoisotopic (exact) mass is 506 g/mol. The molecule has 1 aromatic heterocycles. The summed E-state index contributed by atoms with van der Waals surface area (Å²) in [6.45, 7) is 2.40. The van der Waals surface area contributed by atoms with Crippen LogP contribution in [0.4, 0.5) is 13.2 Å². The minimum Gasteiger partial charge on any atom is -0.475 e. The van der Waals surface area contributed by atoms with E-state index in [1.807, 2.05) is 18.2 Å². The van der Waals surface area contributed by atoms with Gasteiger partial charge in [-0.05, 0) is 37.9 Å². The first-order valence-electron chi connectivity index (χ1n) is 10.6. The van der Waals surface area contributed by atoms with Gasteiger partial charge in [-0.15, -0.1) is 0 Å². The van der Waals surface area contributed by atoms with Crippen LogP contribution in [-0.4, -0.2) is 83.4 Å². The summed E-state index contributed by atoms with van der Waals surface area (Å²) >= 11 is 0. The highest BCUT2D eigenvalue weighted by molar-refractivity contribution is 7.91. The normalized spacial score (nSPS) is 26.2. The zero-order chi connectivity index (χ0) is 25.0. The number of rotatable bonds is 4. The summed E-state index contributed by atoms with van der Waals surface area (Å²) in [6, 6.07) is 5.55. The Morgan fingerprint density at radius 3 is 2.65 bits per heavy atom. The second kappa shape index (κ2) is 10.3. The number of aliphatic carboxylic acids is 1. The van der Waals surface area contributed by atoms with E-state index in [0.717, 1.165) is 31.6 Å². The van der Waals surface area contributed by atoms with Gasteiger partial charge < -0.3 is 15.3 Å². The van der Waals surface area contributed by atoms with Crippen LogP contribution < -0.4 is 5.32 Å².